The van der Waals surface area contributed by atoms with Gasteiger partial charge >= 0.3 is 0 Å². The van der Waals surface area contributed by atoms with Crippen LogP contribution < -0.4 is 0 Å². The predicted molar refractivity (Wildman–Crippen MR) is 121 cm³/mol. The Morgan fingerprint density at radius 2 is 1.78 bits per heavy atom. The molecule has 2 aromatic carbocycles. The average molecular weight is 435 g/mol. The van der Waals surface area contributed by atoms with Crippen molar-refractivity contribution in [1.29, 1.82) is 0 Å². The maximum absolute atomic E-state index is 13.8. The second-order valence-electron chi connectivity index (χ2n) is 8.94. The Morgan fingerprint density at radius 3 is 2.50 bits per heavy atom. The summed E-state index contributed by atoms with van der Waals surface area (Å²) in [5.41, 5.74) is 1.28. The lowest BCUT2D eigenvalue weighted by Gasteiger charge is -2.37. The first-order chi connectivity index (χ1) is 15.5. The van der Waals surface area contributed by atoms with Gasteiger partial charge in [-0.15, -0.1) is 0 Å². The first-order valence-corrected chi connectivity index (χ1v) is 11.3. The zero-order valence-electron chi connectivity index (χ0n) is 18.5. The molecule has 2 heterocycles. The van der Waals surface area contributed by atoms with E-state index in [1.54, 1.807) is 4.90 Å². The summed E-state index contributed by atoms with van der Waals surface area (Å²) in [6, 6.07) is 16.7. The number of hydrogen-bond donors (Lipinski definition) is 1. The van der Waals surface area contributed by atoms with Gasteiger partial charge in [-0.25, -0.2) is 0 Å². The molecule has 4 rings (SSSR count). The van der Waals surface area contributed by atoms with Gasteiger partial charge in [-0.3, -0.25) is 19.3 Å². The lowest BCUT2D eigenvalue weighted by atomic mass is 9.73. The van der Waals surface area contributed by atoms with Crippen molar-refractivity contribution in [3.05, 3.63) is 71.3 Å². The van der Waals surface area contributed by atoms with E-state index < -0.39 is 5.41 Å². The van der Waals surface area contributed by atoms with Crippen molar-refractivity contribution in [2.75, 3.05) is 13.2 Å². The molecular weight excluding hydrogens is 404 g/mol. The number of aliphatic hydroxyl groups is 1. The van der Waals surface area contributed by atoms with Crippen LogP contribution in [-0.2, 0) is 26.3 Å². The quantitative estimate of drug-likeness (QED) is 0.709. The molecule has 0 aromatic heterocycles. The normalized spacial score (nSPS) is 23.6. The molecule has 0 saturated carbocycles. The van der Waals surface area contributed by atoms with Gasteiger partial charge < -0.3 is 10.0 Å². The molecule has 2 saturated heterocycles. The molecule has 3 amide bonds. The zero-order chi connectivity index (χ0) is 22.7. The number of carbonyl (C=O) groups excluding carboxylic acids is 3. The van der Waals surface area contributed by atoms with Crippen molar-refractivity contribution in [1.82, 2.24) is 9.80 Å². The number of benzene rings is 2. The summed E-state index contributed by atoms with van der Waals surface area (Å²) < 4.78 is 0. The highest BCUT2D eigenvalue weighted by Gasteiger charge is 2.54. The van der Waals surface area contributed by atoms with Crippen LogP contribution in [0.5, 0.6) is 0 Å². The van der Waals surface area contributed by atoms with Crippen LogP contribution in [0.25, 0.3) is 0 Å². The first kappa shape index (κ1) is 22.2. The molecule has 2 aliphatic rings. The summed E-state index contributed by atoms with van der Waals surface area (Å²) in [6.45, 7) is 2.60. The van der Waals surface area contributed by atoms with E-state index in [0.29, 0.717) is 6.54 Å². The monoisotopic (exact) mass is 434 g/mol. The first-order valence-electron chi connectivity index (χ1n) is 11.3. The number of carbonyl (C=O) groups is 3. The highest BCUT2D eigenvalue weighted by atomic mass is 16.3. The summed E-state index contributed by atoms with van der Waals surface area (Å²) in [7, 11) is 0. The van der Waals surface area contributed by atoms with Crippen molar-refractivity contribution in [2.24, 2.45) is 0 Å². The second-order valence-corrected chi connectivity index (χ2v) is 8.94. The summed E-state index contributed by atoms with van der Waals surface area (Å²) >= 11 is 0. The number of hydrogen-bond acceptors (Lipinski definition) is 4. The van der Waals surface area contributed by atoms with Crippen molar-refractivity contribution in [3.8, 4) is 0 Å². The molecule has 0 radical (unpaired) electrons. The molecule has 2 atom stereocenters. The lowest BCUT2D eigenvalue weighted by Crippen LogP contribution is -2.49. The van der Waals surface area contributed by atoms with Gasteiger partial charge in [0.1, 0.15) is 0 Å². The third-order valence-electron chi connectivity index (χ3n) is 6.86. The third kappa shape index (κ3) is 4.07. The smallest absolute Gasteiger partial charge is 0.241 e. The van der Waals surface area contributed by atoms with Crippen LogP contribution in [0.4, 0.5) is 0 Å². The summed E-state index contributed by atoms with van der Waals surface area (Å²) in [6.07, 6.45) is 2.52. The van der Waals surface area contributed by atoms with E-state index in [-0.39, 0.29) is 49.8 Å². The zero-order valence-corrected chi connectivity index (χ0v) is 18.5. The van der Waals surface area contributed by atoms with E-state index in [1.807, 2.05) is 61.5 Å². The highest BCUT2D eigenvalue weighted by molar-refractivity contribution is 6.10. The second kappa shape index (κ2) is 9.25. The maximum Gasteiger partial charge on any atom is 0.241 e. The molecule has 6 heteroatoms. The van der Waals surface area contributed by atoms with E-state index in [0.717, 1.165) is 36.0 Å². The maximum atomic E-state index is 13.8. The molecule has 0 aliphatic carbocycles. The third-order valence-corrected chi connectivity index (χ3v) is 6.86. The van der Waals surface area contributed by atoms with Gasteiger partial charge in [0.15, 0.2) is 0 Å². The average Bonchev–Trinajstić information content (AvgIpc) is 3.04. The van der Waals surface area contributed by atoms with Crippen LogP contribution in [0.3, 0.4) is 0 Å². The Morgan fingerprint density at radius 1 is 1.06 bits per heavy atom. The number of imide groups is 1. The molecule has 2 fully saturated rings. The van der Waals surface area contributed by atoms with Gasteiger partial charge in [0.05, 0.1) is 24.6 Å². The predicted octanol–water partition coefficient (Wildman–Crippen LogP) is 2.96. The Balaban J connectivity index is 1.69. The molecule has 1 N–H and O–H groups in total. The van der Waals surface area contributed by atoms with Crippen molar-refractivity contribution >= 4 is 17.7 Å². The Hall–Kier alpha value is -2.99. The molecule has 0 bridgehead atoms. The Kier molecular flexibility index (Phi) is 6.42. The standard InChI is InChI=1S/C26H30N2O4/c1-19-9-5-6-13-22(19)26(15-23(30)27-14-8-7-12-21(27)18-29)16-24(31)28(25(26)32)17-20-10-3-2-4-11-20/h2-6,9-11,13,21,29H,7-8,12,14-18H2,1H3/t21-,26-/m0/s1. The van der Waals surface area contributed by atoms with Gasteiger partial charge in [-0.2, -0.15) is 0 Å². The van der Waals surface area contributed by atoms with Crippen LogP contribution in [0.2, 0.25) is 0 Å². The van der Waals surface area contributed by atoms with Crippen molar-refractivity contribution in [3.63, 3.8) is 0 Å². The van der Waals surface area contributed by atoms with Crippen molar-refractivity contribution < 1.29 is 19.5 Å². The summed E-state index contributed by atoms with van der Waals surface area (Å²) in [5.74, 6) is -0.742. The van der Waals surface area contributed by atoms with Crippen LogP contribution in [0.1, 0.15) is 48.8 Å². The minimum absolute atomic E-state index is 0.0209. The fourth-order valence-electron chi connectivity index (χ4n) is 5.16. The molecule has 0 spiro atoms. The van der Waals surface area contributed by atoms with Gasteiger partial charge in [0.2, 0.25) is 17.7 Å². The molecule has 2 aliphatic heterocycles. The number of rotatable bonds is 6. The van der Waals surface area contributed by atoms with Gasteiger partial charge in [0, 0.05) is 19.4 Å². The van der Waals surface area contributed by atoms with E-state index >= 15 is 0 Å². The van der Waals surface area contributed by atoms with Crippen LogP contribution >= 0.6 is 0 Å². The molecule has 0 unspecified atom stereocenters. The Labute approximate surface area is 188 Å². The largest absolute Gasteiger partial charge is 0.394 e. The molecule has 168 valence electrons. The van der Waals surface area contributed by atoms with Crippen LogP contribution in [0.15, 0.2) is 54.6 Å². The number of likely N-dealkylation sites (tertiary alicyclic amines) is 2. The highest BCUT2D eigenvalue weighted by Crippen LogP contribution is 2.42. The van der Waals surface area contributed by atoms with Gasteiger partial charge in [-0.1, -0.05) is 54.6 Å². The van der Waals surface area contributed by atoms with Crippen LogP contribution in [-0.4, -0.2) is 51.8 Å². The van der Waals surface area contributed by atoms with E-state index in [2.05, 4.69) is 0 Å². The minimum Gasteiger partial charge on any atom is -0.394 e. The number of piperidine rings is 1. The van der Waals surface area contributed by atoms with Crippen molar-refractivity contribution in [2.45, 2.75) is 57.0 Å². The molecular formula is C26H30N2O4. The van der Waals surface area contributed by atoms with Crippen LogP contribution in [0, 0.1) is 6.92 Å². The molecule has 32 heavy (non-hydrogen) atoms. The van der Waals surface area contributed by atoms with E-state index in [9.17, 15) is 19.5 Å². The Bertz CT molecular complexity index is 1010. The minimum atomic E-state index is -1.22. The number of nitrogens with zero attached hydrogens (tertiary/aromatic N) is 2. The summed E-state index contributed by atoms with van der Waals surface area (Å²) in [4.78, 5) is 43.4. The van der Waals surface area contributed by atoms with E-state index in [4.69, 9.17) is 0 Å². The number of amides is 3. The summed E-state index contributed by atoms with van der Waals surface area (Å²) in [5, 5.41) is 9.77. The van der Waals surface area contributed by atoms with Gasteiger partial charge in [0.25, 0.3) is 0 Å². The topological polar surface area (TPSA) is 77.9 Å². The molecule has 6 nitrogen and oxygen atoms in total. The van der Waals surface area contributed by atoms with Gasteiger partial charge in [-0.05, 0) is 42.9 Å². The lowest BCUT2D eigenvalue weighted by molar-refractivity contribution is -0.144. The number of aliphatic hydroxyl groups excluding tert-OH is 1. The molecule has 2 aromatic rings. The van der Waals surface area contributed by atoms with E-state index in [1.165, 1.54) is 4.90 Å². The fourth-order valence-corrected chi connectivity index (χ4v) is 5.16. The number of aryl methyl sites for hydroxylation is 1. The SMILES string of the molecule is Cc1ccccc1[C@]1(CC(=O)N2CCCC[C@H]2CO)CC(=O)N(Cc2ccccc2)C1=O. The fraction of sp³-hybridized carbons (Fsp3) is 0.423.